The van der Waals surface area contributed by atoms with E-state index in [-0.39, 0.29) is 0 Å². The van der Waals surface area contributed by atoms with Gasteiger partial charge in [0.05, 0.1) is 11.1 Å². The van der Waals surface area contributed by atoms with Crippen molar-refractivity contribution < 1.29 is 0 Å². The van der Waals surface area contributed by atoms with E-state index in [1.165, 1.54) is 126 Å². The predicted octanol–water partition coefficient (Wildman–Crippen LogP) is 18.1. The van der Waals surface area contributed by atoms with Crippen molar-refractivity contribution in [2.45, 2.75) is 50.4 Å². The van der Waals surface area contributed by atoms with Crippen molar-refractivity contribution in [3.63, 3.8) is 0 Å². The van der Waals surface area contributed by atoms with Gasteiger partial charge in [0, 0.05) is 22.7 Å². The van der Waals surface area contributed by atoms with Crippen LogP contribution in [-0.4, -0.2) is 0 Å². The first-order valence-corrected chi connectivity index (χ1v) is 25.5. The van der Waals surface area contributed by atoms with Gasteiger partial charge in [0.1, 0.15) is 0 Å². The molecule has 0 N–H and O–H groups in total. The number of hydrogen-bond donors (Lipinski definition) is 0. The van der Waals surface area contributed by atoms with Crippen LogP contribution in [-0.2, 0) is 5.41 Å². The Balaban J connectivity index is 0.946. The summed E-state index contributed by atoms with van der Waals surface area (Å²) >= 11 is 0. The monoisotopic (exact) mass is 885 g/mol. The summed E-state index contributed by atoms with van der Waals surface area (Å²) in [6.07, 6.45) is 6.81. The van der Waals surface area contributed by atoms with Gasteiger partial charge in [0.25, 0.3) is 0 Å². The van der Waals surface area contributed by atoms with Crippen LogP contribution in [0.2, 0.25) is 0 Å². The summed E-state index contributed by atoms with van der Waals surface area (Å²) in [5, 5.41) is 4.99. The molecule has 10 aromatic rings. The Hall–Kier alpha value is -7.48. The molecule has 0 saturated heterocycles. The van der Waals surface area contributed by atoms with Gasteiger partial charge in [-0.2, -0.15) is 0 Å². The zero-order valence-corrected chi connectivity index (χ0v) is 39.2. The first kappa shape index (κ1) is 40.6. The minimum atomic E-state index is -0.390. The molecule has 0 amide bonds. The molecule has 1 spiro atoms. The van der Waals surface area contributed by atoms with Crippen LogP contribution in [0.1, 0.15) is 78.3 Å². The standard InChI is InChI=1S/C68H55N/c1-44-37-45-39-46(38-44)41-52(40-45)67-60-25-8-11-29-64(60)68(62-27-9-6-23-58(62)59-24-7-10-28-63(59)68)65-36-33-51(43-61(65)67)50-19-12-20-54(42-50)69(66-30-14-18-48-16-3-5-22-57(48)66)53-34-31-49(32-35-53)56-26-13-17-47-15-2-4-21-55(47)56/h2-36,42-46,52,67H,37-41H2,1H3/t44-,45+,46-,52+,67?. The fraction of sp³-hybridized carbons (Fsp3) is 0.176. The highest BCUT2D eigenvalue weighted by atomic mass is 15.1. The van der Waals surface area contributed by atoms with E-state index in [1.54, 1.807) is 0 Å². The molecular weight excluding hydrogens is 831 g/mol. The quantitative estimate of drug-likeness (QED) is 0.161. The average Bonchev–Trinajstić information content (AvgIpc) is 3.69. The summed E-state index contributed by atoms with van der Waals surface area (Å²) in [7, 11) is 0. The van der Waals surface area contributed by atoms with Crippen molar-refractivity contribution in [2.24, 2.45) is 23.7 Å². The number of rotatable bonds is 6. The zero-order chi connectivity index (χ0) is 45.6. The highest BCUT2D eigenvalue weighted by Crippen LogP contribution is 2.64. The molecule has 0 aliphatic heterocycles. The van der Waals surface area contributed by atoms with Crippen LogP contribution in [0.4, 0.5) is 17.1 Å². The van der Waals surface area contributed by atoms with Gasteiger partial charge < -0.3 is 4.90 Å². The van der Waals surface area contributed by atoms with E-state index in [1.807, 2.05) is 0 Å². The molecule has 1 unspecified atom stereocenters. The van der Waals surface area contributed by atoms with Gasteiger partial charge in [0.2, 0.25) is 0 Å². The molecule has 10 aromatic carbocycles. The van der Waals surface area contributed by atoms with Crippen LogP contribution in [0.3, 0.4) is 0 Å². The van der Waals surface area contributed by atoms with Gasteiger partial charge in [-0.1, -0.05) is 201 Å². The molecule has 2 saturated carbocycles. The number of fused-ring (bicyclic) bond motifs is 13. The summed E-state index contributed by atoms with van der Waals surface area (Å²) < 4.78 is 0. The molecule has 0 aromatic heterocycles. The molecule has 1 nitrogen and oxygen atoms in total. The Labute approximate surface area is 406 Å². The Morgan fingerprint density at radius 2 is 0.928 bits per heavy atom. The first-order valence-electron chi connectivity index (χ1n) is 25.5. The molecule has 332 valence electrons. The van der Waals surface area contributed by atoms with Gasteiger partial charge in [-0.3, -0.25) is 0 Å². The zero-order valence-electron chi connectivity index (χ0n) is 39.2. The Morgan fingerprint density at radius 1 is 0.377 bits per heavy atom. The number of nitrogens with zero attached hydrogens (tertiary/aromatic N) is 1. The van der Waals surface area contributed by atoms with E-state index in [0.29, 0.717) is 11.8 Å². The smallest absolute Gasteiger partial charge is 0.0719 e. The molecule has 2 fully saturated rings. The summed E-state index contributed by atoms with van der Waals surface area (Å²) in [4.78, 5) is 2.47. The summed E-state index contributed by atoms with van der Waals surface area (Å²) in [5.41, 5.74) is 19.6. The minimum Gasteiger partial charge on any atom is -0.310 e. The summed E-state index contributed by atoms with van der Waals surface area (Å²) in [6, 6.07) is 85.3. The van der Waals surface area contributed by atoms with E-state index in [0.717, 1.165) is 29.1 Å². The fourth-order valence-corrected chi connectivity index (χ4v) is 14.5. The molecule has 2 bridgehead atoms. The second-order valence-electron chi connectivity index (χ2n) is 20.9. The van der Waals surface area contributed by atoms with Crippen LogP contribution >= 0.6 is 0 Å². The lowest BCUT2D eigenvalue weighted by Crippen LogP contribution is -2.39. The second-order valence-corrected chi connectivity index (χ2v) is 20.9. The van der Waals surface area contributed by atoms with Gasteiger partial charge in [-0.05, 0) is 169 Å². The van der Waals surface area contributed by atoms with E-state index < -0.39 is 5.41 Å². The van der Waals surface area contributed by atoms with Crippen molar-refractivity contribution in [3.05, 3.63) is 258 Å². The molecule has 0 radical (unpaired) electrons. The molecular formula is C68H55N. The topological polar surface area (TPSA) is 3.24 Å². The minimum absolute atomic E-state index is 0.330. The predicted molar refractivity (Wildman–Crippen MR) is 289 cm³/mol. The van der Waals surface area contributed by atoms with Crippen molar-refractivity contribution >= 4 is 38.6 Å². The van der Waals surface area contributed by atoms with E-state index in [2.05, 4.69) is 236 Å². The largest absolute Gasteiger partial charge is 0.310 e. The maximum Gasteiger partial charge on any atom is 0.0719 e. The third-order valence-electron chi connectivity index (χ3n) is 17.0. The number of hydrogen-bond acceptors (Lipinski definition) is 1. The lowest BCUT2D eigenvalue weighted by molar-refractivity contribution is 0.0958. The lowest BCUT2D eigenvalue weighted by atomic mass is 9.54. The van der Waals surface area contributed by atoms with E-state index >= 15 is 0 Å². The second kappa shape index (κ2) is 16.1. The SMILES string of the molecule is C[C@H]1C[C@@H]2C[C@H](C1)C[C@H](C1c3ccccc3C3(c4ccccc4-c4ccccc43)c3ccc(-c4cccc(N(c5ccc(-c6cccc7ccccc67)cc5)c5cccc6ccccc56)c4)cc31)C2. The van der Waals surface area contributed by atoms with Crippen LogP contribution in [0.5, 0.6) is 0 Å². The highest BCUT2D eigenvalue weighted by Gasteiger charge is 2.53. The van der Waals surface area contributed by atoms with Crippen LogP contribution in [0, 0.1) is 23.7 Å². The van der Waals surface area contributed by atoms with Gasteiger partial charge >= 0.3 is 0 Å². The van der Waals surface area contributed by atoms with Gasteiger partial charge in [-0.25, -0.2) is 0 Å². The van der Waals surface area contributed by atoms with Gasteiger partial charge in [-0.15, -0.1) is 0 Å². The van der Waals surface area contributed by atoms with Crippen LogP contribution in [0.25, 0.3) is 54.9 Å². The van der Waals surface area contributed by atoms with E-state index in [4.69, 9.17) is 0 Å². The fourth-order valence-electron chi connectivity index (χ4n) is 14.5. The van der Waals surface area contributed by atoms with Crippen molar-refractivity contribution in [3.8, 4) is 33.4 Å². The summed E-state index contributed by atoms with van der Waals surface area (Å²) in [5.74, 6) is 3.41. The number of anilines is 3. The van der Waals surface area contributed by atoms with Gasteiger partial charge in [0.15, 0.2) is 0 Å². The normalized spacial score (nSPS) is 20.5. The molecule has 69 heavy (non-hydrogen) atoms. The number of benzene rings is 10. The summed E-state index contributed by atoms with van der Waals surface area (Å²) in [6.45, 7) is 2.51. The third kappa shape index (κ3) is 6.36. The Kier molecular flexibility index (Phi) is 9.45. The maximum atomic E-state index is 2.65. The molecule has 14 rings (SSSR count). The molecule has 0 heterocycles. The molecule has 4 aliphatic rings. The Bertz CT molecular complexity index is 3540. The third-order valence-corrected chi connectivity index (χ3v) is 17.0. The van der Waals surface area contributed by atoms with Crippen molar-refractivity contribution in [1.29, 1.82) is 0 Å². The van der Waals surface area contributed by atoms with Crippen LogP contribution < -0.4 is 4.90 Å². The highest BCUT2D eigenvalue weighted by molar-refractivity contribution is 6.00. The van der Waals surface area contributed by atoms with Crippen LogP contribution in [0.15, 0.2) is 224 Å². The molecule has 5 atom stereocenters. The average molecular weight is 886 g/mol. The molecule has 1 heteroatoms. The first-order chi connectivity index (χ1) is 34.1. The van der Waals surface area contributed by atoms with E-state index in [9.17, 15) is 0 Å². The maximum absolute atomic E-state index is 2.65. The van der Waals surface area contributed by atoms with Crippen molar-refractivity contribution in [1.82, 2.24) is 0 Å². The van der Waals surface area contributed by atoms with Crippen molar-refractivity contribution in [2.75, 3.05) is 4.90 Å². The lowest BCUT2D eigenvalue weighted by Gasteiger charge is -2.49. The molecule has 4 aliphatic carbocycles. The Morgan fingerprint density at radius 3 is 1.68 bits per heavy atom.